The molecule has 4 saturated carbocycles. The first kappa shape index (κ1) is 24.8. The van der Waals surface area contributed by atoms with Crippen molar-refractivity contribution in [2.24, 2.45) is 39.6 Å². The molecule has 1 N–H and O–H groups in total. The molecule has 0 spiro atoms. The number of benzene rings is 1. The number of carbonyl (C=O) groups excluding carboxylic acids is 1. The van der Waals surface area contributed by atoms with E-state index in [0.717, 1.165) is 49.8 Å². The second-order valence-electron chi connectivity index (χ2n) is 12.1. The van der Waals surface area contributed by atoms with E-state index >= 15 is 0 Å². The van der Waals surface area contributed by atoms with Crippen LogP contribution in [0.4, 0.5) is 0 Å². The maximum Gasteiger partial charge on any atom is 0.302 e. The molecular formula is C28H40N2O4S. The number of fused-ring (bicyclic) bond motifs is 5. The fourth-order valence-electron chi connectivity index (χ4n) is 8.42. The molecule has 0 bridgehead atoms. The van der Waals surface area contributed by atoms with Crippen molar-refractivity contribution >= 4 is 21.7 Å². The van der Waals surface area contributed by atoms with Crippen LogP contribution in [0.3, 0.4) is 0 Å². The lowest BCUT2D eigenvalue weighted by Gasteiger charge is -2.60. The van der Waals surface area contributed by atoms with Crippen molar-refractivity contribution in [3.05, 3.63) is 29.8 Å². The Kier molecular flexibility index (Phi) is 6.30. The smallest absolute Gasteiger partial charge is 0.302 e. The van der Waals surface area contributed by atoms with Crippen molar-refractivity contribution in [2.75, 3.05) is 0 Å². The van der Waals surface area contributed by atoms with Gasteiger partial charge in [0.15, 0.2) is 0 Å². The standard InChI is InChI=1S/C28H40N2O4S/c1-18-5-8-22(9-6-18)35(32,33)30-29-26-12-11-24-23-10-7-20-17-21(34-19(2)31)13-15-27(20,3)25(23)14-16-28(24,26)4/h5-6,8-9,20-21,23-25,30H,7,10-17H2,1-4H3/b29-26-/t20-,21-,23+,24+,25+,27-,28-/m0/s1. The van der Waals surface area contributed by atoms with E-state index in [1.54, 1.807) is 12.1 Å². The molecule has 0 radical (unpaired) electrons. The Balaban J connectivity index is 1.31. The lowest BCUT2D eigenvalue weighted by Crippen LogP contribution is -2.54. The van der Waals surface area contributed by atoms with Gasteiger partial charge in [-0.1, -0.05) is 31.5 Å². The van der Waals surface area contributed by atoms with Gasteiger partial charge in [-0.05, 0) is 106 Å². The highest BCUT2D eigenvalue weighted by Gasteiger charge is 2.59. The molecule has 0 aromatic heterocycles. The highest BCUT2D eigenvalue weighted by Crippen LogP contribution is 2.65. The summed E-state index contributed by atoms with van der Waals surface area (Å²) < 4.78 is 31.3. The van der Waals surface area contributed by atoms with Crippen molar-refractivity contribution in [3.8, 4) is 0 Å². The first-order chi connectivity index (χ1) is 16.5. The van der Waals surface area contributed by atoms with E-state index < -0.39 is 10.0 Å². The van der Waals surface area contributed by atoms with Gasteiger partial charge in [-0.3, -0.25) is 4.79 Å². The number of esters is 1. The van der Waals surface area contributed by atoms with Gasteiger partial charge >= 0.3 is 5.97 Å². The molecule has 7 heteroatoms. The first-order valence-electron chi connectivity index (χ1n) is 13.4. The maximum atomic E-state index is 12.8. The SMILES string of the molecule is CC(=O)O[C@H]1CC[C@@]2(C)[C@@H](CC[C@H]3[C@H]2CC[C@]2(C)/C(=N\NS(=O)(=O)c4ccc(C)cc4)CC[C@H]32)C1. The predicted molar refractivity (Wildman–Crippen MR) is 136 cm³/mol. The van der Waals surface area contributed by atoms with Gasteiger partial charge in [0.1, 0.15) is 6.10 Å². The molecule has 1 aromatic carbocycles. The Morgan fingerprint density at radius 3 is 2.49 bits per heavy atom. The normalized spacial score (nSPS) is 39.9. The molecule has 5 rings (SSSR count). The third-order valence-electron chi connectivity index (χ3n) is 10.3. The van der Waals surface area contributed by atoms with Gasteiger partial charge in [0.25, 0.3) is 10.0 Å². The number of ether oxygens (including phenoxy) is 1. The molecule has 0 amide bonds. The molecule has 0 aliphatic heterocycles. The molecule has 7 atom stereocenters. The van der Waals surface area contributed by atoms with Crippen molar-refractivity contribution in [1.82, 2.24) is 4.83 Å². The quantitative estimate of drug-likeness (QED) is 0.431. The van der Waals surface area contributed by atoms with Crippen molar-refractivity contribution < 1.29 is 17.9 Å². The van der Waals surface area contributed by atoms with E-state index in [4.69, 9.17) is 4.74 Å². The zero-order valence-electron chi connectivity index (χ0n) is 21.5. The topological polar surface area (TPSA) is 84.8 Å². The summed E-state index contributed by atoms with van der Waals surface area (Å²) in [6, 6.07) is 6.90. The molecule has 35 heavy (non-hydrogen) atoms. The summed E-state index contributed by atoms with van der Waals surface area (Å²) in [5.74, 6) is 2.40. The molecule has 4 aliphatic rings. The Morgan fingerprint density at radius 1 is 1.03 bits per heavy atom. The number of hydrogen-bond acceptors (Lipinski definition) is 5. The summed E-state index contributed by atoms with van der Waals surface area (Å²) in [5.41, 5.74) is 2.34. The summed E-state index contributed by atoms with van der Waals surface area (Å²) in [5, 5.41) is 4.55. The van der Waals surface area contributed by atoms with Crippen LogP contribution in [0.25, 0.3) is 0 Å². The van der Waals surface area contributed by atoms with Crippen LogP contribution in [-0.2, 0) is 19.6 Å². The third-order valence-corrected chi connectivity index (χ3v) is 11.5. The average Bonchev–Trinajstić information content (AvgIpc) is 3.14. The lowest BCUT2D eigenvalue weighted by atomic mass is 9.45. The van der Waals surface area contributed by atoms with Crippen molar-refractivity contribution in [2.45, 2.75) is 96.5 Å². The van der Waals surface area contributed by atoms with Gasteiger partial charge in [0, 0.05) is 18.1 Å². The highest BCUT2D eigenvalue weighted by atomic mass is 32.2. The van der Waals surface area contributed by atoms with E-state index in [0.29, 0.717) is 29.1 Å². The van der Waals surface area contributed by atoms with Crippen LogP contribution < -0.4 is 4.83 Å². The second kappa shape index (κ2) is 8.89. The summed E-state index contributed by atoms with van der Waals surface area (Å²) in [4.78, 5) is 14.3. The average molecular weight is 501 g/mol. The van der Waals surface area contributed by atoms with Crippen molar-refractivity contribution in [3.63, 3.8) is 0 Å². The maximum absolute atomic E-state index is 12.8. The zero-order chi connectivity index (χ0) is 25.0. The minimum absolute atomic E-state index is 0.0326. The fraction of sp³-hybridized carbons (Fsp3) is 0.714. The van der Waals surface area contributed by atoms with E-state index in [9.17, 15) is 13.2 Å². The van der Waals surface area contributed by atoms with E-state index in [1.807, 2.05) is 19.1 Å². The van der Waals surface area contributed by atoms with Crippen LogP contribution in [0.15, 0.2) is 34.3 Å². The molecule has 4 aliphatic carbocycles. The highest BCUT2D eigenvalue weighted by molar-refractivity contribution is 7.89. The second-order valence-corrected chi connectivity index (χ2v) is 13.8. The minimum Gasteiger partial charge on any atom is -0.463 e. The number of hydrogen-bond donors (Lipinski definition) is 1. The van der Waals surface area contributed by atoms with Crippen LogP contribution in [0.2, 0.25) is 0 Å². The number of rotatable bonds is 4. The Labute approximate surface area is 210 Å². The Bertz CT molecular complexity index is 1110. The predicted octanol–water partition coefficient (Wildman–Crippen LogP) is 5.60. The molecule has 1 aromatic rings. The van der Waals surface area contributed by atoms with Gasteiger partial charge < -0.3 is 4.74 Å². The van der Waals surface area contributed by atoms with Gasteiger partial charge in [-0.15, -0.1) is 0 Å². The number of nitrogens with zero attached hydrogens (tertiary/aromatic N) is 1. The Hall–Kier alpha value is -1.89. The number of sulfonamides is 1. The third kappa shape index (κ3) is 4.32. The van der Waals surface area contributed by atoms with Crippen LogP contribution in [0, 0.1) is 41.4 Å². The minimum atomic E-state index is -3.67. The van der Waals surface area contributed by atoms with Gasteiger partial charge in [-0.2, -0.15) is 13.5 Å². The lowest BCUT2D eigenvalue weighted by molar-refractivity contribution is -0.158. The summed E-state index contributed by atoms with van der Waals surface area (Å²) >= 11 is 0. The molecule has 0 saturated heterocycles. The number of aryl methyl sites for hydroxylation is 1. The molecule has 192 valence electrons. The number of hydrazone groups is 1. The van der Waals surface area contributed by atoms with Crippen molar-refractivity contribution in [1.29, 1.82) is 0 Å². The fourth-order valence-corrected chi connectivity index (χ4v) is 9.25. The van der Waals surface area contributed by atoms with E-state index in [-0.39, 0.29) is 22.4 Å². The number of nitrogens with one attached hydrogen (secondary N) is 1. The summed E-state index contributed by atoms with van der Waals surface area (Å²) in [6.07, 6.45) is 9.84. The molecule has 0 heterocycles. The molecule has 4 fully saturated rings. The van der Waals surface area contributed by atoms with Crippen LogP contribution >= 0.6 is 0 Å². The molecule has 0 unspecified atom stereocenters. The monoisotopic (exact) mass is 500 g/mol. The van der Waals surface area contributed by atoms with Gasteiger partial charge in [0.05, 0.1) is 4.90 Å². The molecular weight excluding hydrogens is 460 g/mol. The Morgan fingerprint density at radius 2 is 1.77 bits per heavy atom. The van der Waals surface area contributed by atoms with Gasteiger partial charge in [-0.25, -0.2) is 4.83 Å². The summed E-state index contributed by atoms with van der Waals surface area (Å²) in [7, 11) is -3.67. The zero-order valence-corrected chi connectivity index (χ0v) is 22.4. The molecule has 6 nitrogen and oxygen atoms in total. The van der Waals surface area contributed by atoms with E-state index in [1.165, 1.54) is 26.2 Å². The van der Waals surface area contributed by atoms with Crippen LogP contribution in [0.5, 0.6) is 0 Å². The van der Waals surface area contributed by atoms with Crippen LogP contribution in [-0.4, -0.2) is 26.2 Å². The van der Waals surface area contributed by atoms with Gasteiger partial charge in [0.2, 0.25) is 0 Å². The van der Waals surface area contributed by atoms with E-state index in [2.05, 4.69) is 23.8 Å². The number of carbonyl (C=O) groups is 1. The van der Waals surface area contributed by atoms with Crippen LogP contribution in [0.1, 0.15) is 84.1 Å². The largest absolute Gasteiger partial charge is 0.463 e. The first-order valence-corrected chi connectivity index (χ1v) is 14.8. The summed E-state index contributed by atoms with van der Waals surface area (Å²) in [6.45, 7) is 8.29.